The molecule has 54 valence electrons. The second-order valence-corrected chi connectivity index (χ2v) is 2.24. The molecule has 0 amide bonds. The van der Waals surface area contributed by atoms with Gasteiger partial charge in [0, 0.05) is 89.5 Å². The molecule has 0 saturated carbocycles. The minimum Gasteiger partial charge on any atom is -0.371 e. The van der Waals surface area contributed by atoms with Crippen LogP contribution in [0.5, 0.6) is 0 Å². The molecule has 0 aromatic heterocycles. The van der Waals surface area contributed by atoms with E-state index in [9.17, 15) is 9.36 Å². The third-order valence-electron chi connectivity index (χ3n) is 0.247. The quantitative estimate of drug-likeness (QED) is 0.565. The maximum Gasteiger partial charge on any atom is 0.526 e. The van der Waals surface area contributed by atoms with Crippen LogP contribution >= 0.6 is 7.82 Å². The van der Waals surface area contributed by atoms with Crippen molar-refractivity contribution in [2.24, 2.45) is 0 Å². The predicted octanol–water partition coefficient (Wildman–Crippen LogP) is -0.358. The smallest absolute Gasteiger partial charge is 0.371 e. The Hall–Kier alpha value is 2.35. The molecule has 5 nitrogen and oxygen atoms in total. The van der Waals surface area contributed by atoms with Crippen molar-refractivity contribution in [3.63, 3.8) is 0 Å². The summed E-state index contributed by atoms with van der Waals surface area (Å²) in [5, 5.41) is 0. The fourth-order valence-electron chi connectivity index (χ4n) is 0.167. The number of carbonyl (C=O) groups is 1. The maximum absolute atomic E-state index is 9.74. The average molecular weight is 422 g/mol. The molecule has 2 radical (unpaired) electrons. The first-order valence-electron chi connectivity index (χ1n) is 1.67. The van der Waals surface area contributed by atoms with Gasteiger partial charge in [-0.05, 0) is 0 Å². The van der Waals surface area contributed by atoms with Crippen LogP contribution in [-0.4, -0.2) is 15.8 Å². The van der Waals surface area contributed by atoms with E-state index < -0.39 is 13.8 Å². The largest absolute Gasteiger partial charge is 0.526 e. The molecule has 0 rings (SSSR count). The Bertz CT molecular complexity index is 141. The van der Waals surface area contributed by atoms with Gasteiger partial charge in [-0.1, -0.05) is 0 Å². The molecule has 0 aromatic carbocycles. The standard InChI is InChI=1S/C2H5O5P.2Pr/c1-2(3)7-8(4,5)6;;/h1H3,(H2,4,5,6);;. The molecule has 0 aliphatic rings. The number of hydrogen-bond donors (Lipinski definition) is 2. The van der Waals surface area contributed by atoms with Crippen LogP contribution < -0.4 is 0 Å². The van der Waals surface area contributed by atoms with Gasteiger partial charge in [0.25, 0.3) is 0 Å². The minimum atomic E-state index is -4.57. The molecule has 0 fully saturated rings. The second-order valence-electron chi connectivity index (χ2n) is 1.07. The molecule has 8 heteroatoms. The van der Waals surface area contributed by atoms with Crippen molar-refractivity contribution in [1.29, 1.82) is 0 Å². The molecule has 0 saturated heterocycles. The summed E-state index contributed by atoms with van der Waals surface area (Å²) in [7, 11) is -4.57. The van der Waals surface area contributed by atoms with Crippen LogP contribution in [0.4, 0.5) is 0 Å². The SMILES string of the molecule is CC(=O)OP(=O)(O)O.[Pr].[Pr]. The summed E-state index contributed by atoms with van der Waals surface area (Å²) in [5.74, 6) is -0.988. The number of hydrogen-bond acceptors (Lipinski definition) is 3. The molecular weight excluding hydrogens is 417 g/mol. The van der Waals surface area contributed by atoms with Crippen LogP contribution in [0.2, 0.25) is 0 Å². The average Bonchev–Trinajstić information content (AvgIpc) is 1.21. The number of phosphoric ester groups is 1. The Morgan fingerprint density at radius 2 is 1.70 bits per heavy atom. The number of carbonyl (C=O) groups excluding carboxylic acids is 1. The van der Waals surface area contributed by atoms with Crippen LogP contribution in [0.25, 0.3) is 0 Å². The fourth-order valence-corrected chi connectivity index (χ4v) is 0.502. The van der Waals surface area contributed by atoms with E-state index in [1.807, 2.05) is 0 Å². The van der Waals surface area contributed by atoms with E-state index in [2.05, 4.69) is 4.52 Å². The Kier molecular flexibility index (Phi) is 14.5. The summed E-state index contributed by atoms with van der Waals surface area (Å²) >= 11 is 0. The van der Waals surface area contributed by atoms with Crippen molar-refractivity contribution < 1.29 is 106 Å². The van der Waals surface area contributed by atoms with E-state index >= 15 is 0 Å². The van der Waals surface area contributed by atoms with Gasteiger partial charge in [-0.3, -0.25) is 14.6 Å². The van der Waals surface area contributed by atoms with Crippen LogP contribution in [0, 0.1) is 82.6 Å². The molecular formula is C2H5O5PPr2. The molecule has 0 aromatic rings. The van der Waals surface area contributed by atoms with Gasteiger partial charge in [-0.15, -0.1) is 0 Å². The van der Waals surface area contributed by atoms with Gasteiger partial charge in [0.05, 0.1) is 0 Å². The van der Waals surface area contributed by atoms with E-state index in [4.69, 9.17) is 9.79 Å². The van der Waals surface area contributed by atoms with E-state index in [1.54, 1.807) is 0 Å². The molecule has 10 heavy (non-hydrogen) atoms. The molecule has 0 aliphatic heterocycles. The van der Waals surface area contributed by atoms with Gasteiger partial charge in [0.15, 0.2) is 0 Å². The van der Waals surface area contributed by atoms with E-state index in [0.717, 1.165) is 6.92 Å². The van der Waals surface area contributed by atoms with E-state index in [-0.39, 0.29) is 82.6 Å². The molecule has 2 N–H and O–H groups in total. The van der Waals surface area contributed by atoms with Gasteiger partial charge >= 0.3 is 13.8 Å². The number of rotatable bonds is 1. The van der Waals surface area contributed by atoms with E-state index in [0.29, 0.717) is 0 Å². The summed E-state index contributed by atoms with van der Waals surface area (Å²) < 4.78 is 13.2. The third kappa shape index (κ3) is 16.7. The molecule has 0 heterocycles. The Morgan fingerprint density at radius 1 is 1.40 bits per heavy atom. The van der Waals surface area contributed by atoms with Gasteiger partial charge in [-0.25, -0.2) is 4.57 Å². The zero-order valence-electron chi connectivity index (χ0n) is 5.22. The zero-order chi connectivity index (χ0) is 6.78. The Balaban J connectivity index is -0.000000245. The first-order valence-corrected chi connectivity index (χ1v) is 3.20. The van der Waals surface area contributed by atoms with Crippen molar-refractivity contribution in [1.82, 2.24) is 0 Å². The van der Waals surface area contributed by atoms with Gasteiger partial charge in [0.2, 0.25) is 0 Å². The zero-order valence-corrected chi connectivity index (χ0v) is 13.5. The topological polar surface area (TPSA) is 83.8 Å². The summed E-state index contributed by atoms with van der Waals surface area (Å²) in [6.07, 6.45) is 0. The first-order chi connectivity index (χ1) is 3.42. The van der Waals surface area contributed by atoms with Crippen molar-refractivity contribution >= 4 is 13.8 Å². The second kappa shape index (κ2) is 7.97. The number of phosphoric acid groups is 1. The molecule has 0 unspecified atom stereocenters. The monoisotopic (exact) mass is 422 g/mol. The third-order valence-corrected chi connectivity index (χ3v) is 0.742. The molecule has 0 atom stereocenters. The normalized spacial score (nSPS) is 8.70. The maximum atomic E-state index is 9.74. The van der Waals surface area contributed by atoms with Crippen LogP contribution in [0.3, 0.4) is 0 Å². The minimum absolute atomic E-state index is 0. The van der Waals surface area contributed by atoms with Crippen molar-refractivity contribution in [3.8, 4) is 0 Å². The van der Waals surface area contributed by atoms with Gasteiger partial charge in [-0.2, -0.15) is 0 Å². The van der Waals surface area contributed by atoms with Gasteiger partial charge in [0.1, 0.15) is 0 Å². The molecule has 0 bridgehead atoms. The Labute approximate surface area is 124 Å². The van der Waals surface area contributed by atoms with Crippen molar-refractivity contribution in [2.75, 3.05) is 0 Å². The summed E-state index contributed by atoms with van der Waals surface area (Å²) in [6.45, 7) is 0.916. The van der Waals surface area contributed by atoms with Crippen LogP contribution in [0.15, 0.2) is 0 Å². The van der Waals surface area contributed by atoms with Crippen molar-refractivity contribution in [2.45, 2.75) is 6.92 Å². The first kappa shape index (κ1) is 18.2. The summed E-state index contributed by atoms with van der Waals surface area (Å²) in [5.41, 5.74) is 0. The Morgan fingerprint density at radius 3 is 1.70 bits per heavy atom. The van der Waals surface area contributed by atoms with Crippen molar-refractivity contribution in [3.05, 3.63) is 0 Å². The van der Waals surface area contributed by atoms with Crippen LogP contribution in [-0.2, 0) is 13.9 Å². The van der Waals surface area contributed by atoms with Crippen LogP contribution in [0.1, 0.15) is 6.92 Å². The predicted molar refractivity (Wildman–Crippen MR) is 23.8 cm³/mol. The fraction of sp³-hybridized carbons (Fsp3) is 0.500. The summed E-state index contributed by atoms with van der Waals surface area (Å²) in [6, 6.07) is 0. The molecule has 0 aliphatic carbocycles. The molecule has 0 spiro atoms. The van der Waals surface area contributed by atoms with Gasteiger partial charge < -0.3 is 4.52 Å². The summed E-state index contributed by atoms with van der Waals surface area (Å²) in [4.78, 5) is 25.5. The van der Waals surface area contributed by atoms with E-state index in [1.165, 1.54) is 0 Å².